The van der Waals surface area contributed by atoms with E-state index in [-0.39, 0.29) is 19.2 Å². The molecule has 0 saturated heterocycles. The highest BCUT2D eigenvalue weighted by Crippen LogP contribution is 2.21. The van der Waals surface area contributed by atoms with Gasteiger partial charge < -0.3 is 5.32 Å². The van der Waals surface area contributed by atoms with Gasteiger partial charge in [0.2, 0.25) is 0 Å². The maximum Gasteiger partial charge on any atom is 0.262 e. The van der Waals surface area contributed by atoms with Crippen LogP contribution in [0.3, 0.4) is 0 Å². The number of anilines is 2. The van der Waals surface area contributed by atoms with Crippen molar-refractivity contribution in [3.8, 4) is 0 Å². The zero-order valence-corrected chi connectivity index (χ0v) is 15.9. The highest BCUT2D eigenvalue weighted by molar-refractivity contribution is 7.92. The van der Waals surface area contributed by atoms with Crippen molar-refractivity contribution in [1.82, 2.24) is 0 Å². The Hall–Kier alpha value is -3.12. The van der Waals surface area contributed by atoms with Crippen molar-refractivity contribution in [2.75, 3.05) is 10.0 Å². The molecule has 0 heterocycles. The number of hydrogen-bond donors (Lipinski definition) is 2. The van der Waals surface area contributed by atoms with Crippen LogP contribution in [0, 0.1) is 13.8 Å². The summed E-state index contributed by atoms with van der Waals surface area (Å²) in [5.74, 6) is -0.364. The lowest BCUT2D eigenvalue weighted by atomic mass is 10.1. The predicted octanol–water partition coefficient (Wildman–Crippen LogP) is 4.85. The molecule has 0 saturated carbocycles. The summed E-state index contributed by atoms with van der Waals surface area (Å²) in [6.45, 7) is 3.63. The van der Waals surface area contributed by atoms with Crippen LogP contribution in [0.5, 0.6) is 0 Å². The Bertz CT molecular complexity index is 1090. The minimum absolute atomic E-state index is 0. The maximum absolute atomic E-state index is 12.8. The number of benzene rings is 3. The van der Waals surface area contributed by atoms with Crippen molar-refractivity contribution in [2.45, 2.75) is 18.7 Å². The third kappa shape index (κ3) is 4.54. The molecule has 0 aliphatic heterocycles. The number of carbonyl (C=O) groups is 1. The van der Waals surface area contributed by atoms with E-state index in [0.29, 0.717) is 16.9 Å². The van der Waals surface area contributed by atoms with E-state index in [1.54, 1.807) is 55.5 Å². The van der Waals surface area contributed by atoms with Gasteiger partial charge in [0.1, 0.15) is 0 Å². The van der Waals surface area contributed by atoms with E-state index in [1.165, 1.54) is 6.07 Å². The van der Waals surface area contributed by atoms with Gasteiger partial charge in [-0.1, -0.05) is 36.4 Å². The van der Waals surface area contributed by atoms with E-state index >= 15 is 0 Å². The van der Waals surface area contributed by atoms with Crippen LogP contribution in [-0.4, -0.2) is 14.3 Å². The number of sulfonamides is 1. The van der Waals surface area contributed by atoms with Gasteiger partial charge in [-0.25, -0.2) is 8.42 Å². The molecule has 0 spiro atoms. The van der Waals surface area contributed by atoms with Gasteiger partial charge >= 0.3 is 0 Å². The summed E-state index contributed by atoms with van der Waals surface area (Å²) < 4.78 is 28.1. The zero-order chi connectivity index (χ0) is 19.4. The third-order valence-electron chi connectivity index (χ3n) is 4.04. The lowest BCUT2D eigenvalue weighted by Gasteiger charge is -2.12. The molecule has 0 aromatic heterocycles. The van der Waals surface area contributed by atoms with Gasteiger partial charge in [0, 0.05) is 19.8 Å². The van der Waals surface area contributed by atoms with Crippen LogP contribution in [0.25, 0.3) is 0 Å². The van der Waals surface area contributed by atoms with Crippen molar-refractivity contribution in [1.29, 1.82) is 0 Å². The lowest BCUT2D eigenvalue weighted by Crippen LogP contribution is -2.17. The second-order valence-corrected chi connectivity index (χ2v) is 7.93. The van der Waals surface area contributed by atoms with Crippen LogP contribution in [0.1, 0.15) is 24.3 Å². The fraction of sp³-hybridized carbons (Fsp3) is 0.0952. The number of amides is 1. The second-order valence-electron chi connectivity index (χ2n) is 6.28. The molecule has 0 bridgehead atoms. The molecule has 0 fully saturated rings. The number of nitrogens with one attached hydrogen (secondary N) is 2. The van der Waals surface area contributed by atoms with Crippen molar-refractivity contribution in [2.24, 2.45) is 0 Å². The van der Waals surface area contributed by atoms with Gasteiger partial charge in [0.05, 0.1) is 4.90 Å². The molecule has 0 unspecified atom stereocenters. The molecule has 27 heavy (non-hydrogen) atoms. The minimum Gasteiger partial charge on any atom is -0.322 e. The molecule has 3 aromatic carbocycles. The summed E-state index contributed by atoms with van der Waals surface area (Å²) in [6.07, 6.45) is 0. The number of para-hydroxylation sites is 1. The molecule has 2 N–H and O–H groups in total. The van der Waals surface area contributed by atoms with Gasteiger partial charge in [-0.15, -0.1) is 0 Å². The number of rotatable bonds is 5. The smallest absolute Gasteiger partial charge is 0.262 e. The Morgan fingerprint density at radius 3 is 2.26 bits per heavy atom. The molecule has 1 amide bonds. The first-order valence-electron chi connectivity index (χ1n) is 8.42. The van der Waals surface area contributed by atoms with Crippen LogP contribution in [0.4, 0.5) is 11.4 Å². The monoisotopic (exact) mass is 384 g/mol. The molecule has 0 aliphatic rings. The summed E-state index contributed by atoms with van der Waals surface area (Å²) in [4.78, 5) is 12.6. The maximum atomic E-state index is 12.8. The SMILES string of the molecule is Cc1cccc(NC(=O)c2ccc(C)c(S(=O)(=O)Nc3ccccc3)c2)c1.[HH].[HH]. The summed E-state index contributed by atoms with van der Waals surface area (Å²) in [5, 5.41) is 2.79. The van der Waals surface area contributed by atoms with E-state index in [9.17, 15) is 13.2 Å². The highest BCUT2D eigenvalue weighted by Gasteiger charge is 2.19. The Morgan fingerprint density at radius 2 is 1.56 bits per heavy atom. The van der Waals surface area contributed by atoms with Crippen LogP contribution in [-0.2, 0) is 10.0 Å². The average molecular weight is 385 g/mol. The number of aryl methyl sites for hydroxylation is 2. The Labute approximate surface area is 162 Å². The standard InChI is InChI=1S/C21H20N2O3S.2H2/c1-15-7-6-10-19(13-15)22-21(24)17-12-11-16(2)20(14-17)27(25,26)23-18-8-4-3-5-9-18;;/h3-14,23H,1-2H3,(H,22,24);2*1H. The zero-order valence-electron chi connectivity index (χ0n) is 15.1. The molecule has 6 heteroatoms. The highest BCUT2D eigenvalue weighted by atomic mass is 32.2. The topological polar surface area (TPSA) is 75.3 Å². The van der Waals surface area contributed by atoms with Crippen LogP contribution in [0.15, 0.2) is 77.7 Å². The number of hydrogen-bond acceptors (Lipinski definition) is 3. The van der Waals surface area contributed by atoms with Crippen molar-refractivity contribution < 1.29 is 16.1 Å². The first-order valence-corrected chi connectivity index (χ1v) is 9.90. The van der Waals surface area contributed by atoms with Gasteiger partial charge in [-0.2, -0.15) is 0 Å². The fourth-order valence-electron chi connectivity index (χ4n) is 2.67. The summed E-state index contributed by atoms with van der Waals surface area (Å²) in [5.41, 5.74) is 2.98. The molecule has 3 rings (SSSR count). The largest absolute Gasteiger partial charge is 0.322 e. The molecule has 0 radical (unpaired) electrons. The van der Waals surface area contributed by atoms with E-state index < -0.39 is 10.0 Å². The van der Waals surface area contributed by atoms with Crippen LogP contribution < -0.4 is 10.0 Å². The lowest BCUT2D eigenvalue weighted by molar-refractivity contribution is 0.102. The summed E-state index contributed by atoms with van der Waals surface area (Å²) >= 11 is 0. The summed E-state index contributed by atoms with van der Waals surface area (Å²) in [7, 11) is -3.81. The van der Waals surface area contributed by atoms with Crippen LogP contribution >= 0.6 is 0 Å². The average Bonchev–Trinajstić information content (AvgIpc) is 2.62. The van der Waals surface area contributed by atoms with E-state index in [0.717, 1.165) is 5.56 Å². The fourth-order valence-corrected chi connectivity index (χ4v) is 4.00. The molecule has 142 valence electrons. The van der Waals surface area contributed by atoms with Crippen LogP contribution in [0.2, 0.25) is 0 Å². The van der Waals surface area contributed by atoms with Gasteiger partial charge in [-0.05, 0) is 61.4 Å². The predicted molar refractivity (Wildman–Crippen MR) is 112 cm³/mol. The Kier molecular flexibility index (Phi) is 5.28. The van der Waals surface area contributed by atoms with Crippen molar-refractivity contribution in [3.05, 3.63) is 89.5 Å². The quantitative estimate of drug-likeness (QED) is 0.660. The Balaban J connectivity index is 0.00000210. The van der Waals surface area contributed by atoms with Gasteiger partial charge in [-0.3, -0.25) is 9.52 Å². The number of carbonyl (C=O) groups excluding carboxylic acids is 1. The molecule has 0 aliphatic carbocycles. The van der Waals surface area contributed by atoms with E-state index in [1.807, 2.05) is 25.1 Å². The molecule has 0 atom stereocenters. The third-order valence-corrected chi connectivity index (χ3v) is 5.57. The first kappa shape index (κ1) is 18.7. The van der Waals surface area contributed by atoms with Gasteiger partial charge in [0.15, 0.2) is 0 Å². The molecule has 3 aromatic rings. The molecule has 5 nitrogen and oxygen atoms in total. The first-order chi connectivity index (χ1) is 12.8. The van der Waals surface area contributed by atoms with Crippen molar-refractivity contribution in [3.63, 3.8) is 0 Å². The van der Waals surface area contributed by atoms with E-state index in [2.05, 4.69) is 10.0 Å². The molecular formula is C21H24N2O3S. The van der Waals surface area contributed by atoms with Crippen molar-refractivity contribution >= 4 is 27.3 Å². The van der Waals surface area contributed by atoms with Gasteiger partial charge in [0.25, 0.3) is 15.9 Å². The summed E-state index contributed by atoms with van der Waals surface area (Å²) in [6, 6.07) is 20.7. The Morgan fingerprint density at radius 1 is 0.852 bits per heavy atom. The minimum atomic E-state index is -3.81. The normalized spacial score (nSPS) is 11.0. The molecular weight excluding hydrogens is 360 g/mol. The second kappa shape index (κ2) is 7.63. The van der Waals surface area contributed by atoms with E-state index in [4.69, 9.17) is 0 Å².